The molecular weight excluding hydrogens is 198 g/mol. The van der Waals surface area contributed by atoms with Crippen molar-refractivity contribution in [3.05, 3.63) is 35.4 Å². The molecule has 0 saturated carbocycles. The van der Waals surface area contributed by atoms with Gasteiger partial charge in [0.1, 0.15) is 6.29 Å². The fourth-order valence-electron chi connectivity index (χ4n) is 2.58. The zero-order valence-electron chi connectivity index (χ0n) is 9.78. The summed E-state index contributed by atoms with van der Waals surface area (Å²) in [5.41, 5.74) is 2.78. The van der Waals surface area contributed by atoms with Crippen LogP contribution in [0.3, 0.4) is 0 Å². The quantitative estimate of drug-likeness (QED) is 0.783. The predicted molar refractivity (Wildman–Crippen MR) is 65.6 cm³/mol. The molecule has 2 nitrogen and oxygen atoms in total. The van der Waals surface area contributed by atoms with E-state index in [1.807, 2.05) is 0 Å². The van der Waals surface area contributed by atoms with Gasteiger partial charge in [-0.15, -0.1) is 0 Å². The number of aldehydes is 1. The van der Waals surface area contributed by atoms with E-state index in [-0.39, 0.29) is 5.92 Å². The average Bonchev–Trinajstić information content (AvgIpc) is 2.78. The number of nitrogens with one attached hydrogen (secondary N) is 1. The molecule has 0 bridgehead atoms. The maximum Gasteiger partial charge on any atom is 0.125 e. The van der Waals surface area contributed by atoms with Gasteiger partial charge in [-0.05, 0) is 17.5 Å². The number of carbonyl (C=O) groups excluding carboxylic acids is 1. The summed E-state index contributed by atoms with van der Waals surface area (Å²) in [6.45, 7) is 3.96. The Morgan fingerprint density at radius 3 is 2.94 bits per heavy atom. The summed E-state index contributed by atoms with van der Waals surface area (Å²) in [6.07, 6.45) is 3.37. The fourth-order valence-corrected chi connectivity index (χ4v) is 2.58. The minimum Gasteiger partial charge on any atom is -0.315 e. The lowest BCUT2D eigenvalue weighted by Crippen LogP contribution is -2.13. The predicted octanol–water partition coefficient (Wildman–Crippen LogP) is 2.14. The molecule has 2 rings (SSSR count). The van der Waals surface area contributed by atoms with Crippen LogP contribution < -0.4 is 5.32 Å². The van der Waals surface area contributed by atoms with Crippen LogP contribution in [0.2, 0.25) is 0 Å². The Balaban J connectivity index is 2.27. The maximum absolute atomic E-state index is 11.0. The Hall–Kier alpha value is -1.15. The first-order valence-corrected chi connectivity index (χ1v) is 6.10. The van der Waals surface area contributed by atoms with Gasteiger partial charge in [0, 0.05) is 24.9 Å². The van der Waals surface area contributed by atoms with Crippen molar-refractivity contribution in [2.24, 2.45) is 5.92 Å². The number of hydrogen-bond acceptors (Lipinski definition) is 2. The van der Waals surface area contributed by atoms with E-state index in [2.05, 4.69) is 36.5 Å². The van der Waals surface area contributed by atoms with Gasteiger partial charge in [0.25, 0.3) is 0 Å². The van der Waals surface area contributed by atoms with Crippen LogP contribution in [0.4, 0.5) is 0 Å². The summed E-state index contributed by atoms with van der Waals surface area (Å²) in [7, 11) is 0. The fraction of sp³-hybridized carbons (Fsp3) is 0.500. The van der Waals surface area contributed by atoms with Gasteiger partial charge in [-0.25, -0.2) is 0 Å². The van der Waals surface area contributed by atoms with Gasteiger partial charge in [0.05, 0.1) is 0 Å². The van der Waals surface area contributed by atoms with Crippen molar-refractivity contribution in [2.45, 2.75) is 25.7 Å². The van der Waals surface area contributed by atoms with E-state index in [4.69, 9.17) is 0 Å². The molecule has 86 valence electrons. The first-order valence-electron chi connectivity index (χ1n) is 6.10. The van der Waals surface area contributed by atoms with Gasteiger partial charge in [-0.1, -0.05) is 37.6 Å². The second-order valence-corrected chi connectivity index (χ2v) is 4.51. The number of aryl methyl sites for hydroxylation is 1. The van der Waals surface area contributed by atoms with Crippen LogP contribution in [-0.4, -0.2) is 19.4 Å². The molecule has 1 N–H and O–H groups in total. The Labute approximate surface area is 97.1 Å². The number of carbonyl (C=O) groups is 1. The first-order chi connectivity index (χ1) is 7.86. The maximum atomic E-state index is 11.0. The second-order valence-electron chi connectivity index (χ2n) is 4.51. The monoisotopic (exact) mass is 217 g/mol. The lowest BCUT2D eigenvalue weighted by molar-refractivity contribution is -0.110. The van der Waals surface area contributed by atoms with Gasteiger partial charge in [0.2, 0.25) is 0 Å². The Kier molecular flexibility index (Phi) is 3.73. The molecule has 0 amide bonds. The van der Waals surface area contributed by atoms with Crippen LogP contribution in [0.25, 0.3) is 0 Å². The third-order valence-corrected chi connectivity index (χ3v) is 3.41. The van der Waals surface area contributed by atoms with Crippen molar-refractivity contribution in [2.75, 3.05) is 13.1 Å². The average molecular weight is 217 g/mol. The normalized spacial score (nSPS) is 24.6. The van der Waals surface area contributed by atoms with Gasteiger partial charge < -0.3 is 10.1 Å². The Morgan fingerprint density at radius 2 is 2.19 bits per heavy atom. The van der Waals surface area contributed by atoms with Crippen LogP contribution in [-0.2, 0) is 11.2 Å². The number of hydrogen-bond donors (Lipinski definition) is 1. The third kappa shape index (κ3) is 2.17. The van der Waals surface area contributed by atoms with Crippen molar-refractivity contribution < 1.29 is 4.79 Å². The lowest BCUT2D eigenvalue weighted by Gasteiger charge is -2.17. The SMILES string of the molecule is CCCc1ccccc1[C@H]1CNC[C@H]1C=O. The molecule has 1 aromatic rings. The summed E-state index contributed by atoms with van der Waals surface area (Å²) >= 11 is 0. The number of benzene rings is 1. The topological polar surface area (TPSA) is 29.1 Å². The summed E-state index contributed by atoms with van der Waals surface area (Å²) < 4.78 is 0. The van der Waals surface area contributed by atoms with Crippen LogP contribution in [0, 0.1) is 5.92 Å². The van der Waals surface area contributed by atoms with E-state index >= 15 is 0 Å². The highest BCUT2D eigenvalue weighted by atomic mass is 16.1. The zero-order valence-corrected chi connectivity index (χ0v) is 9.78. The molecule has 1 aromatic carbocycles. The zero-order chi connectivity index (χ0) is 11.4. The highest BCUT2D eigenvalue weighted by Gasteiger charge is 2.29. The van der Waals surface area contributed by atoms with Crippen molar-refractivity contribution in [3.63, 3.8) is 0 Å². The number of rotatable bonds is 4. The molecule has 1 fully saturated rings. The van der Waals surface area contributed by atoms with Crippen LogP contribution in [0.5, 0.6) is 0 Å². The molecule has 2 atom stereocenters. The molecule has 1 aliphatic heterocycles. The first kappa shape index (κ1) is 11.3. The molecule has 2 heteroatoms. The molecule has 0 spiro atoms. The molecule has 0 radical (unpaired) electrons. The smallest absolute Gasteiger partial charge is 0.125 e. The van der Waals surface area contributed by atoms with Gasteiger partial charge in [-0.3, -0.25) is 0 Å². The second kappa shape index (κ2) is 5.26. The molecule has 16 heavy (non-hydrogen) atoms. The van der Waals surface area contributed by atoms with Crippen molar-refractivity contribution in [1.82, 2.24) is 5.32 Å². The van der Waals surface area contributed by atoms with E-state index in [1.165, 1.54) is 11.1 Å². The molecule has 1 saturated heterocycles. The Morgan fingerprint density at radius 1 is 1.38 bits per heavy atom. The van der Waals surface area contributed by atoms with Crippen molar-refractivity contribution >= 4 is 6.29 Å². The molecular formula is C14H19NO. The van der Waals surface area contributed by atoms with E-state index < -0.39 is 0 Å². The largest absolute Gasteiger partial charge is 0.315 e. The summed E-state index contributed by atoms with van der Waals surface area (Å²) in [5.74, 6) is 0.526. The molecule has 0 unspecified atom stereocenters. The van der Waals surface area contributed by atoms with E-state index in [1.54, 1.807) is 0 Å². The van der Waals surface area contributed by atoms with Crippen LogP contribution in [0.15, 0.2) is 24.3 Å². The van der Waals surface area contributed by atoms with Gasteiger partial charge >= 0.3 is 0 Å². The van der Waals surface area contributed by atoms with Crippen molar-refractivity contribution in [1.29, 1.82) is 0 Å². The summed E-state index contributed by atoms with van der Waals surface area (Å²) in [6, 6.07) is 8.54. The summed E-state index contributed by atoms with van der Waals surface area (Å²) in [4.78, 5) is 11.0. The lowest BCUT2D eigenvalue weighted by atomic mass is 9.86. The molecule has 0 aliphatic carbocycles. The van der Waals surface area contributed by atoms with Gasteiger partial charge in [-0.2, -0.15) is 0 Å². The Bertz CT molecular complexity index is 362. The minimum atomic E-state index is 0.151. The summed E-state index contributed by atoms with van der Waals surface area (Å²) in [5, 5.41) is 3.31. The van der Waals surface area contributed by atoms with E-state index in [9.17, 15) is 4.79 Å². The minimum absolute atomic E-state index is 0.151. The molecule has 1 aliphatic rings. The van der Waals surface area contributed by atoms with Crippen molar-refractivity contribution in [3.8, 4) is 0 Å². The van der Waals surface area contributed by atoms with E-state index in [0.29, 0.717) is 5.92 Å². The van der Waals surface area contributed by atoms with Crippen LogP contribution >= 0.6 is 0 Å². The van der Waals surface area contributed by atoms with E-state index in [0.717, 1.165) is 32.2 Å². The standard InChI is InChI=1S/C14H19NO/c1-2-5-11-6-3-4-7-13(11)14-9-15-8-12(14)10-16/h3-4,6-7,10,12,14-15H,2,5,8-9H2,1H3/t12-,14-/m0/s1. The van der Waals surface area contributed by atoms with Gasteiger partial charge in [0.15, 0.2) is 0 Å². The molecule has 0 aromatic heterocycles. The molecule has 1 heterocycles. The third-order valence-electron chi connectivity index (χ3n) is 3.41. The highest BCUT2D eigenvalue weighted by Crippen LogP contribution is 2.29. The highest BCUT2D eigenvalue weighted by molar-refractivity contribution is 5.58. The van der Waals surface area contributed by atoms with Crippen LogP contribution in [0.1, 0.15) is 30.4 Å².